The van der Waals surface area contributed by atoms with E-state index in [0.717, 1.165) is 6.08 Å². The summed E-state index contributed by atoms with van der Waals surface area (Å²) in [4.78, 5) is 21.5. The van der Waals surface area contributed by atoms with Crippen molar-refractivity contribution in [2.75, 3.05) is 7.05 Å². The predicted molar refractivity (Wildman–Crippen MR) is 35.2 cm³/mol. The lowest BCUT2D eigenvalue weighted by molar-refractivity contribution is -0.131. The molecule has 0 rings (SSSR count). The zero-order chi connectivity index (χ0) is 8.15. The minimum Gasteiger partial charge on any atom is -0.478 e. The average molecular weight is 143 g/mol. The van der Waals surface area contributed by atoms with E-state index in [2.05, 4.69) is 0 Å². The van der Waals surface area contributed by atoms with E-state index in [-0.39, 0.29) is 5.91 Å². The molecule has 0 saturated heterocycles. The Kier molecular flexibility index (Phi) is 3.17. The van der Waals surface area contributed by atoms with Gasteiger partial charge in [0, 0.05) is 26.2 Å². The molecule has 0 aliphatic carbocycles. The van der Waals surface area contributed by atoms with Crippen LogP contribution in [0.1, 0.15) is 6.92 Å². The summed E-state index contributed by atoms with van der Waals surface area (Å²) in [6.07, 6.45) is 2.10. The van der Waals surface area contributed by atoms with Gasteiger partial charge in [-0.1, -0.05) is 0 Å². The molecule has 56 valence electrons. The van der Waals surface area contributed by atoms with Crippen molar-refractivity contribution < 1.29 is 14.7 Å². The minimum atomic E-state index is -1.06. The maximum atomic E-state index is 10.4. The molecular weight excluding hydrogens is 134 g/mol. The van der Waals surface area contributed by atoms with Gasteiger partial charge in [0.1, 0.15) is 0 Å². The number of carboxylic acids is 1. The molecule has 0 unspecified atom stereocenters. The summed E-state index contributed by atoms with van der Waals surface area (Å²) in [5, 5.41) is 8.12. The number of carboxylic acid groups (broad SMARTS) is 1. The monoisotopic (exact) mass is 143 g/mol. The summed E-state index contributed by atoms with van der Waals surface area (Å²) >= 11 is 0. The van der Waals surface area contributed by atoms with E-state index >= 15 is 0 Å². The highest BCUT2D eigenvalue weighted by Gasteiger charge is 1.95. The number of rotatable bonds is 2. The van der Waals surface area contributed by atoms with E-state index in [4.69, 9.17) is 5.11 Å². The third-order valence-corrected chi connectivity index (χ3v) is 0.937. The summed E-state index contributed by atoms with van der Waals surface area (Å²) in [5.41, 5.74) is 0. The second kappa shape index (κ2) is 3.66. The summed E-state index contributed by atoms with van der Waals surface area (Å²) < 4.78 is 0. The lowest BCUT2D eigenvalue weighted by atomic mass is 10.5. The van der Waals surface area contributed by atoms with Crippen LogP contribution in [0.3, 0.4) is 0 Å². The average Bonchev–Trinajstić information content (AvgIpc) is 1.82. The molecule has 0 saturated carbocycles. The van der Waals surface area contributed by atoms with Crippen LogP contribution in [0.25, 0.3) is 0 Å². The van der Waals surface area contributed by atoms with E-state index in [1.807, 2.05) is 0 Å². The molecule has 0 aliphatic heterocycles. The van der Waals surface area contributed by atoms with E-state index in [1.165, 1.54) is 25.1 Å². The number of hydrogen-bond acceptors (Lipinski definition) is 2. The van der Waals surface area contributed by atoms with Crippen LogP contribution in [0, 0.1) is 0 Å². The molecule has 0 aromatic rings. The first-order valence-electron chi connectivity index (χ1n) is 2.68. The van der Waals surface area contributed by atoms with E-state index in [9.17, 15) is 9.59 Å². The van der Waals surface area contributed by atoms with Crippen LogP contribution < -0.4 is 0 Å². The van der Waals surface area contributed by atoms with Gasteiger partial charge in [-0.25, -0.2) is 4.79 Å². The zero-order valence-corrected chi connectivity index (χ0v) is 5.87. The number of nitrogens with zero attached hydrogens (tertiary/aromatic N) is 1. The number of carbonyl (C=O) groups is 2. The van der Waals surface area contributed by atoms with Gasteiger partial charge in [0.15, 0.2) is 0 Å². The fraction of sp³-hybridized carbons (Fsp3) is 0.333. The Morgan fingerprint density at radius 1 is 1.50 bits per heavy atom. The molecule has 4 heteroatoms. The summed E-state index contributed by atoms with van der Waals surface area (Å²) in [6, 6.07) is 0. The molecule has 0 aliphatic rings. The fourth-order valence-electron chi connectivity index (χ4n) is 0.281. The quantitative estimate of drug-likeness (QED) is 0.556. The Labute approximate surface area is 58.8 Å². The van der Waals surface area contributed by atoms with Gasteiger partial charge in [-0.2, -0.15) is 0 Å². The zero-order valence-electron chi connectivity index (χ0n) is 5.87. The molecule has 0 fully saturated rings. The first-order chi connectivity index (χ1) is 4.54. The minimum absolute atomic E-state index is 0.197. The largest absolute Gasteiger partial charge is 0.478 e. The maximum Gasteiger partial charge on any atom is 0.329 e. The molecule has 0 spiro atoms. The van der Waals surface area contributed by atoms with Crippen LogP contribution in [0.2, 0.25) is 0 Å². The molecule has 0 bridgehead atoms. The number of hydrogen-bond donors (Lipinski definition) is 1. The lowest BCUT2D eigenvalue weighted by Gasteiger charge is -2.05. The molecule has 0 aromatic heterocycles. The molecule has 0 heterocycles. The summed E-state index contributed by atoms with van der Waals surface area (Å²) in [6.45, 7) is 1.35. The molecule has 0 radical (unpaired) electrons. The molecule has 1 amide bonds. The van der Waals surface area contributed by atoms with Gasteiger partial charge in [0.2, 0.25) is 5.91 Å². The van der Waals surface area contributed by atoms with Crippen molar-refractivity contribution in [3.8, 4) is 0 Å². The van der Waals surface area contributed by atoms with Gasteiger partial charge in [-0.15, -0.1) is 0 Å². The highest BCUT2D eigenvalue weighted by molar-refractivity contribution is 5.81. The van der Waals surface area contributed by atoms with Crippen LogP contribution in [0.5, 0.6) is 0 Å². The Morgan fingerprint density at radius 2 is 2.00 bits per heavy atom. The van der Waals surface area contributed by atoms with Crippen LogP contribution in [-0.4, -0.2) is 28.9 Å². The normalized spacial score (nSPS) is 9.80. The van der Waals surface area contributed by atoms with Crippen LogP contribution in [0.4, 0.5) is 0 Å². The predicted octanol–water partition coefficient (Wildman–Crippen LogP) is 0.0630. The number of aliphatic carboxylic acids is 1. The number of carbonyl (C=O) groups excluding carboxylic acids is 1. The van der Waals surface area contributed by atoms with Gasteiger partial charge in [0.05, 0.1) is 0 Å². The molecule has 1 N–H and O–H groups in total. The highest BCUT2D eigenvalue weighted by Crippen LogP contribution is 1.84. The smallest absolute Gasteiger partial charge is 0.329 e. The molecule has 0 atom stereocenters. The van der Waals surface area contributed by atoms with Gasteiger partial charge in [-0.3, -0.25) is 4.79 Å². The number of amides is 1. The van der Waals surface area contributed by atoms with E-state index in [1.54, 1.807) is 0 Å². The first kappa shape index (κ1) is 8.68. The Balaban J connectivity index is 3.89. The standard InChI is InChI=1S/C6H9NO3/c1-5(8)7(2)4-3-6(9)10/h3-4H,1-2H3,(H,9,10). The van der Waals surface area contributed by atoms with Crippen LogP contribution in [-0.2, 0) is 9.59 Å². The van der Waals surface area contributed by atoms with E-state index < -0.39 is 5.97 Å². The second-order valence-electron chi connectivity index (χ2n) is 1.78. The third kappa shape index (κ3) is 3.65. The van der Waals surface area contributed by atoms with Crippen molar-refractivity contribution in [2.24, 2.45) is 0 Å². The van der Waals surface area contributed by atoms with Crippen molar-refractivity contribution in [1.82, 2.24) is 4.90 Å². The van der Waals surface area contributed by atoms with Crippen molar-refractivity contribution in [2.45, 2.75) is 6.92 Å². The maximum absolute atomic E-state index is 10.4. The lowest BCUT2D eigenvalue weighted by Crippen LogP contribution is -2.16. The topological polar surface area (TPSA) is 57.6 Å². The van der Waals surface area contributed by atoms with Crippen LogP contribution in [0.15, 0.2) is 12.3 Å². The van der Waals surface area contributed by atoms with Crippen molar-refractivity contribution in [1.29, 1.82) is 0 Å². The fourth-order valence-corrected chi connectivity index (χ4v) is 0.281. The Hall–Kier alpha value is -1.32. The van der Waals surface area contributed by atoms with E-state index in [0.29, 0.717) is 0 Å². The van der Waals surface area contributed by atoms with Crippen LogP contribution >= 0.6 is 0 Å². The molecule has 0 aromatic carbocycles. The molecule has 10 heavy (non-hydrogen) atoms. The van der Waals surface area contributed by atoms with Crippen molar-refractivity contribution >= 4 is 11.9 Å². The van der Waals surface area contributed by atoms with Gasteiger partial charge in [0.25, 0.3) is 0 Å². The van der Waals surface area contributed by atoms with Crippen molar-refractivity contribution in [3.63, 3.8) is 0 Å². The molecular formula is C6H9NO3. The van der Waals surface area contributed by atoms with Crippen molar-refractivity contribution in [3.05, 3.63) is 12.3 Å². The Bertz CT molecular complexity index is 174. The Morgan fingerprint density at radius 3 is 2.30 bits per heavy atom. The second-order valence-corrected chi connectivity index (χ2v) is 1.78. The summed E-state index contributed by atoms with van der Waals surface area (Å²) in [7, 11) is 1.49. The summed E-state index contributed by atoms with van der Waals surface area (Å²) in [5.74, 6) is -1.26. The van der Waals surface area contributed by atoms with Gasteiger partial charge >= 0.3 is 5.97 Å². The van der Waals surface area contributed by atoms with Gasteiger partial charge in [-0.05, 0) is 0 Å². The third-order valence-electron chi connectivity index (χ3n) is 0.937. The van der Waals surface area contributed by atoms with Gasteiger partial charge < -0.3 is 10.0 Å². The highest BCUT2D eigenvalue weighted by atomic mass is 16.4. The first-order valence-corrected chi connectivity index (χ1v) is 2.68. The molecule has 4 nitrogen and oxygen atoms in total. The SMILES string of the molecule is CC(=O)N(C)C=CC(=O)O.